The molecule has 6 nitrogen and oxygen atoms in total. The number of carbonyl (C=O) groups is 1. The van der Waals surface area contributed by atoms with Crippen molar-refractivity contribution in [3.8, 4) is 16.9 Å². The highest BCUT2D eigenvalue weighted by molar-refractivity contribution is 7.89. The molecule has 1 aliphatic rings. The summed E-state index contributed by atoms with van der Waals surface area (Å²) in [5.41, 5.74) is 2.13. The molecule has 4 rings (SSSR count). The molecule has 1 amide bonds. The number of anilines is 1. The normalized spacial score (nSPS) is 14.6. The number of ether oxygens (including phenoxy) is 1. The van der Waals surface area contributed by atoms with E-state index in [4.69, 9.17) is 4.74 Å². The van der Waals surface area contributed by atoms with Gasteiger partial charge in [-0.05, 0) is 36.6 Å². The Hall–Kier alpha value is -3.16. The molecule has 0 aromatic heterocycles. The van der Waals surface area contributed by atoms with Crippen LogP contribution < -0.4 is 10.1 Å². The van der Waals surface area contributed by atoms with Gasteiger partial charge in [0.25, 0.3) is 5.91 Å². The molecule has 1 aliphatic carbocycles. The molecule has 7 heteroatoms. The summed E-state index contributed by atoms with van der Waals surface area (Å²) in [6.45, 7) is -0.239. The Bertz CT molecular complexity index is 1220. The van der Waals surface area contributed by atoms with Gasteiger partial charge >= 0.3 is 0 Å². The maximum atomic E-state index is 13.4. The maximum absolute atomic E-state index is 13.4. The van der Waals surface area contributed by atoms with Crippen molar-refractivity contribution in [2.75, 3.05) is 19.0 Å². The first-order valence-electron chi connectivity index (χ1n) is 11.6. The minimum atomic E-state index is -3.75. The van der Waals surface area contributed by atoms with Crippen LogP contribution in [0, 0.1) is 0 Å². The van der Waals surface area contributed by atoms with Gasteiger partial charge in [-0.3, -0.25) is 4.79 Å². The minimum absolute atomic E-state index is 0.0136. The number of carbonyl (C=O) groups excluding carboxylic acids is 1. The van der Waals surface area contributed by atoms with Crippen molar-refractivity contribution in [2.24, 2.45) is 0 Å². The summed E-state index contributed by atoms with van der Waals surface area (Å²) < 4.78 is 34.0. The second kappa shape index (κ2) is 10.8. The molecule has 0 radical (unpaired) electrons. The predicted octanol–water partition coefficient (Wildman–Crippen LogP) is 5.32. The zero-order valence-electron chi connectivity index (χ0n) is 19.3. The van der Waals surface area contributed by atoms with Gasteiger partial charge in [0.1, 0.15) is 10.6 Å². The monoisotopic (exact) mass is 478 g/mol. The number of hydrogen-bond acceptors (Lipinski definition) is 4. The van der Waals surface area contributed by atoms with Crippen LogP contribution in [0.3, 0.4) is 0 Å². The van der Waals surface area contributed by atoms with Crippen molar-refractivity contribution in [3.63, 3.8) is 0 Å². The van der Waals surface area contributed by atoms with E-state index in [1.165, 1.54) is 10.4 Å². The van der Waals surface area contributed by atoms with E-state index in [1.54, 1.807) is 25.2 Å². The average molecular weight is 479 g/mol. The highest BCUT2D eigenvalue weighted by atomic mass is 32.2. The Morgan fingerprint density at radius 2 is 1.56 bits per heavy atom. The summed E-state index contributed by atoms with van der Waals surface area (Å²) >= 11 is 0. The molecule has 178 valence electrons. The fourth-order valence-electron chi connectivity index (χ4n) is 4.37. The first kappa shape index (κ1) is 24.0. The van der Waals surface area contributed by atoms with Crippen molar-refractivity contribution in [3.05, 3.63) is 78.9 Å². The largest absolute Gasteiger partial charge is 0.483 e. The number of sulfonamides is 1. The Morgan fingerprint density at radius 3 is 2.32 bits per heavy atom. The molecule has 0 unspecified atom stereocenters. The summed E-state index contributed by atoms with van der Waals surface area (Å²) in [7, 11) is -2.11. The summed E-state index contributed by atoms with van der Waals surface area (Å²) in [6.07, 6.45) is 4.93. The van der Waals surface area contributed by atoms with E-state index < -0.39 is 15.9 Å². The number of amides is 1. The molecule has 1 fully saturated rings. The number of rotatable bonds is 8. The molecule has 0 spiro atoms. The zero-order valence-corrected chi connectivity index (χ0v) is 20.1. The summed E-state index contributed by atoms with van der Waals surface area (Å²) in [5.74, 6) is 0.160. The highest BCUT2D eigenvalue weighted by Gasteiger charge is 2.31. The predicted molar refractivity (Wildman–Crippen MR) is 134 cm³/mol. The molecular formula is C27H30N2O4S. The quantitative estimate of drug-likeness (QED) is 0.475. The molecule has 1 saturated carbocycles. The second-order valence-corrected chi connectivity index (χ2v) is 10.5. The molecule has 1 N–H and O–H groups in total. The zero-order chi connectivity index (χ0) is 24.0. The Labute approximate surface area is 201 Å². The molecule has 3 aromatic rings. The number of para-hydroxylation sites is 2. The van der Waals surface area contributed by atoms with Crippen molar-refractivity contribution < 1.29 is 17.9 Å². The van der Waals surface area contributed by atoms with Crippen molar-refractivity contribution in [1.82, 2.24) is 4.31 Å². The molecule has 0 saturated heterocycles. The number of benzene rings is 3. The summed E-state index contributed by atoms with van der Waals surface area (Å²) in [4.78, 5) is 12.8. The van der Waals surface area contributed by atoms with E-state index in [-0.39, 0.29) is 23.2 Å². The Kier molecular flexibility index (Phi) is 7.65. The molecule has 34 heavy (non-hydrogen) atoms. The van der Waals surface area contributed by atoms with E-state index in [0.717, 1.165) is 43.2 Å². The first-order chi connectivity index (χ1) is 16.5. The topological polar surface area (TPSA) is 75.7 Å². The molecule has 0 heterocycles. The summed E-state index contributed by atoms with van der Waals surface area (Å²) in [6, 6.07) is 23.8. The Morgan fingerprint density at radius 1 is 0.912 bits per heavy atom. The molecule has 0 bridgehead atoms. The van der Waals surface area contributed by atoms with Crippen LogP contribution in [0.15, 0.2) is 83.8 Å². The van der Waals surface area contributed by atoms with Crippen LogP contribution in [0.4, 0.5) is 5.69 Å². The van der Waals surface area contributed by atoms with Gasteiger partial charge in [-0.1, -0.05) is 79.9 Å². The molecular weight excluding hydrogens is 448 g/mol. The third kappa shape index (κ3) is 5.48. The first-order valence-corrected chi connectivity index (χ1v) is 13.0. The van der Waals surface area contributed by atoms with E-state index in [0.29, 0.717) is 5.75 Å². The van der Waals surface area contributed by atoms with Gasteiger partial charge in [-0.2, -0.15) is 4.31 Å². The Balaban J connectivity index is 1.47. The minimum Gasteiger partial charge on any atom is -0.483 e. The molecule has 0 aliphatic heterocycles. The van der Waals surface area contributed by atoms with Crippen LogP contribution in [-0.2, 0) is 14.8 Å². The van der Waals surface area contributed by atoms with Crippen molar-refractivity contribution in [1.29, 1.82) is 0 Å². The fourth-order valence-corrected chi connectivity index (χ4v) is 5.93. The van der Waals surface area contributed by atoms with Gasteiger partial charge in [0.15, 0.2) is 6.61 Å². The van der Waals surface area contributed by atoms with Crippen LogP contribution in [-0.4, -0.2) is 38.3 Å². The van der Waals surface area contributed by atoms with Crippen LogP contribution >= 0.6 is 0 Å². The van der Waals surface area contributed by atoms with E-state index in [2.05, 4.69) is 5.32 Å². The number of nitrogens with zero attached hydrogens (tertiary/aromatic N) is 1. The van der Waals surface area contributed by atoms with Gasteiger partial charge < -0.3 is 10.1 Å². The van der Waals surface area contributed by atoms with Crippen LogP contribution in [0.2, 0.25) is 0 Å². The van der Waals surface area contributed by atoms with Gasteiger partial charge in [0, 0.05) is 18.7 Å². The van der Waals surface area contributed by atoms with Gasteiger partial charge in [0.2, 0.25) is 10.0 Å². The highest BCUT2D eigenvalue weighted by Crippen LogP contribution is 2.31. The van der Waals surface area contributed by atoms with Gasteiger partial charge in [-0.15, -0.1) is 0 Å². The fraction of sp³-hybridized carbons (Fsp3) is 0.296. The van der Waals surface area contributed by atoms with Gasteiger partial charge in [0.05, 0.1) is 5.69 Å². The third-order valence-corrected chi connectivity index (χ3v) is 8.21. The number of nitrogens with one attached hydrogen (secondary N) is 1. The number of hydrogen-bond donors (Lipinski definition) is 1. The van der Waals surface area contributed by atoms with Gasteiger partial charge in [-0.25, -0.2) is 8.42 Å². The maximum Gasteiger partial charge on any atom is 0.262 e. The SMILES string of the molecule is CN(C1CCCCC1)S(=O)(=O)c1ccccc1NC(=O)COc1ccccc1-c1ccccc1. The smallest absolute Gasteiger partial charge is 0.262 e. The van der Waals surface area contributed by atoms with Crippen molar-refractivity contribution in [2.45, 2.75) is 43.0 Å². The molecule has 0 atom stereocenters. The summed E-state index contributed by atoms with van der Waals surface area (Å²) in [5, 5.41) is 2.73. The van der Waals surface area contributed by atoms with E-state index >= 15 is 0 Å². The lowest BCUT2D eigenvalue weighted by atomic mass is 9.96. The lowest BCUT2D eigenvalue weighted by Crippen LogP contribution is -2.38. The van der Waals surface area contributed by atoms with E-state index in [9.17, 15) is 13.2 Å². The van der Waals surface area contributed by atoms with Crippen LogP contribution in [0.1, 0.15) is 32.1 Å². The average Bonchev–Trinajstić information content (AvgIpc) is 2.88. The lowest BCUT2D eigenvalue weighted by molar-refractivity contribution is -0.118. The van der Waals surface area contributed by atoms with Crippen LogP contribution in [0.5, 0.6) is 5.75 Å². The third-order valence-electron chi connectivity index (χ3n) is 6.24. The second-order valence-electron chi connectivity index (χ2n) is 8.51. The van der Waals surface area contributed by atoms with Crippen LogP contribution in [0.25, 0.3) is 11.1 Å². The van der Waals surface area contributed by atoms with Crippen molar-refractivity contribution >= 4 is 21.6 Å². The van der Waals surface area contributed by atoms with E-state index in [1.807, 2.05) is 54.6 Å². The lowest BCUT2D eigenvalue weighted by Gasteiger charge is -2.30. The standard InChI is InChI=1S/C27H30N2O4S/c1-29(22-14-6-3-7-15-22)34(31,32)26-19-11-9-17-24(26)28-27(30)20-33-25-18-10-8-16-23(25)21-12-4-2-5-13-21/h2,4-5,8-13,16-19,22H,3,6-7,14-15,20H2,1H3,(H,28,30). The molecule has 3 aromatic carbocycles.